The molecule has 0 radical (unpaired) electrons. The molecule has 8 heteroatoms. The number of likely N-dealkylation sites (N-methyl/N-ethyl adjacent to an activating group) is 1. The van der Waals surface area contributed by atoms with Crippen LogP contribution in [0.3, 0.4) is 0 Å². The van der Waals surface area contributed by atoms with E-state index in [0.717, 1.165) is 30.8 Å². The van der Waals surface area contributed by atoms with Crippen LogP contribution in [-0.2, 0) is 11.3 Å². The molecule has 0 saturated carbocycles. The van der Waals surface area contributed by atoms with Crippen molar-refractivity contribution in [2.45, 2.75) is 45.6 Å². The van der Waals surface area contributed by atoms with Crippen molar-refractivity contribution < 1.29 is 14.6 Å². The highest BCUT2D eigenvalue weighted by Crippen LogP contribution is 2.34. The highest BCUT2D eigenvalue weighted by Gasteiger charge is 2.27. The van der Waals surface area contributed by atoms with Crippen molar-refractivity contribution in [2.75, 3.05) is 32.1 Å². The van der Waals surface area contributed by atoms with Gasteiger partial charge in [-0.1, -0.05) is 32.4 Å². The molecule has 182 valence electrons. The van der Waals surface area contributed by atoms with Gasteiger partial charge in [0, 0.05) is 25.3 Å². The molecule has 34 heavy (non-hydrogen) atoms. The number of carbonyl (C=O) groups excluding carboxylic acids is 1. The number of piperidine rings is 1. The number of likely N-dealkylation sites (tertiary alicyclic amines) is 1. The lowest BCUT2D eigenvalue weighted by atomic mass is 9.97. The van der Waals surface area contributed by atoms with Gasteiger partial charge in [0.1, 0.15) is 17.3 Å². The summed E-state index contributed by atoms with van der Waals surface area (Å²) < 4.78 is 5.39. The Hall–Kier alpha value is -3.39. The summed E-state index contributed by atoms with van der Waals surface area (Å²) in [6.07, 6.45) is 3.72. The van der Waals surface area contributed by atoms with E-state index in [9.17, 15) is 9.90 Å². The van der Waals surface area contributed by atoms with Gasteiger partial charge >= 0.3 is 0 Å². The van der Waals surface area contributed by atoms with Crippen LogP contribution in [0.2, 0.25) is 0 Å². The number of anilines is 1. The molecular weight excluding hydrogens is 430 g/mol. The van der Waals surface area contributed by atoms with Crippen molar-refractivity contribution in [2.24, 2.45) is 0 Å². The maximum atomic E-state index is 12.4. The highest BCUT2D eigenvalue weighted by molar-refractivity contribution is 6.48. The Morgan fingerprint density at radius 2 is 1.79 bits per heavy atom. The number of rotatable bonds is 6. The van der Waals surface area contributed by atoms with Crippen LogP contribution in [0.4, 0.5) is 5.69 Å². The number of carbonyl (C=O) groups is 1. The molecule has 0 spiro atoms. The Morgan fingerprint density at radius 1 is 1.15 bits per heavy atom. The normalized spacial score (nSPS) is 14.0. The summed E-state index contributed by atoms with van der Waals surface area (Å²) in [5.41, 5.74) is 2.68. The van der Waals surface area contributed by atoms with E-state index < -0.39 is 11.7 Å². The summed E-state index contributed by atoms with van der Waals surface area (Å²) in [5.74, 6) is -0.735. The molecule has 0 bridgehead atoms. The summed E-state index contributed by atoms with van der Waals surface area (Å²) in [6, 6.07) is 10.7. The number of methoxy groups -OCH3 is 1. The maximum absolute atomic E-state index is 12.4. The lowest BCUT2D eigenvalue weighted by Crippen LogP contribution is -2.45. The number of benzene rings is 2. The Kier molecular flexibility index (Phi) is 8.28. The van der Waals surface area contributed by atoms with Crippen LogP contribution in [0, 0.1) is 10.8 Å². The van der Waals surface area contributed by atoms with Crippen molar-refractivity contribution in [3.05, 3.63) is 53.1 Å². The zero-order valence-corrected chi connectivity index (χ0v) is 20.4. The van der Waals surface area contributed by atoms with E-state index in [0.29, 0.717) is 11.4 Å². The molecule has 1 amide bonds. The number of phenolic OH excluding ortho intramolecular Hbond substituents is 1. The molecule has 0 unspecified atom stereocenters. The zero-order valence-electron chi connectivity index (χ0n) is 20.4. The number of nitrogens with zero attached hydrogens (tertiary/aromatic N) is 2. The van der Waals surface area contributed by atoms with E-state index in [1.54, 1.807) is 6.07 Å². The predicted octanol–water partition coefficient (Wildman–Crippen LogP) is 4.07. The number of aromatic hydroxyl groups is 1. The first-order valence-corrected chi connectivity index (χ1v) is 11.7. The molecular formula is C26H35N5O3. The highest BCUT2D eigenvalue weighted by atomic mass is 16.5. The Bertz CT molecular complexity index is 1040. The maximum Gasteiger partial charge on any atom is 0.286 e. The molecule has 2 aromatic rings. The fourth-order valence-corrected chi connectivity index (χ4v) is 4.24. The second-order valence-electron chi connectivity index (χ2n) is 8.88. The third-order valence-electron chi connectivity index (χ3n) is 6.16. The van der Waals surface area contributed by atoms with E-state index in [4.69, 9.17) is 15.6 Å². The fraction of sp³-hybridized carbons (Fsp3) is 0.423. The SMILES string of the molecule is CNC(=O)C(=N)N(C(=N)c1cc(C(C)C)c(OC)cc1O)c1ccc(CN2CCCCC2)cc1. The predicted molar refractivity (Wildman–Crippen MR) is 135 cm³/mol. The van der Waals surface area contributed by atoms with Gasteiger partial charge in [0.25, 0.3) is 5.91 Å². The quantitative estimate of drug-likeness (QED) is 0.380. The van der Waals surface area contributed by atoms with Crippen LogP contribution in [0.25, 0.3) is 0 Å². The summed E-state index contributed by atoms with van der Waals surface area (Å²) in [7, 11) is 2.98. The van der Waals surface area contributed by atoms with Crippen LogP contribution in [0.15, 0.2) is 36.4 Å². The Morgan fingerprint density at radius 3 is 2.35 bits per heavy atom. The van der Waals surface area contributed by atoms with Gasteiger partial charge in [-0.25, -0.2) is 0 Å². The minimum absolute atomic E-state index is 0.0861. The smallest absolute Gasteiger partial charge is 0.286 e. The number of ether oxygens (including phenoxy) is 1. The summed E-state index contributed by atoms with van der Waals surface area (Å²) in [5, 5.41) is 30.5. The number of phenols is 1. The van der Waals surface area contributed by atoms with Crippen LogP contribution in [-0.4, -0.2) is 54.8 Å². The number of hydrogen-bond acceptors (Lipinski definition) is 6. The molecule has 1 heterocycles. The van der Waals surface area contributed by atoms with Gasteiger partial charge in [0.2, 0.25) is 0 Å². The molecule has 1 aliphatic rings. The lowest BCUT2D eigenvalue weighted by molar-refractivity contribution is -0.114. The van der Waals surface area contributed by atoms with E-state index in [-0.39, 0.29) is 23.1 Å². The fourth-order valence-electron chi connectivity index (χ4n) is 4.24. The average Bonchev–Trinajstić information content (AvgIpc) is 2.84. The second kappa shape index (κ2) is 11.2. The van der Waals surface area contributed by atoms with Gasteiger partial charge in [-0.2, -0.15) is 0 Å². The lowest BCUT2D eigenvalue weighted by Gasteiger charge is -2.28. The third-order valence-corrected chi connectivity index (χ3v) is 6.16. The van der Waals surface area contributed by atoms with Gasteiger partial charge in [0.05, 0.1) is 12.7 Å². The van der Waals surface area contributed by atoms with Crippen molar-refractivity contribution in [1.29, 1.82) is 10.8 Å². The van der Waals surface area contributed by atoms with Gasteiger partial charge in [-0.3, -0.25) is 25.4 Å². The molecule has 4 N–H and O–H groups in total. The van der Waals surface area contributed by atoms with Crippen LogP contribution in [0.5, 0.6) is 11.5 Å². The number of amides is 1. The van der Waals surface area contributed by atoms with Crippen LogP contribution < -0.4 is 15.0 Å². The van der Waals surface area contributed by atoms with E-state index in [1.807, 2.05) is 38.1 Å². The van der Waals surface area contributed by atoms with Gasteiger partial charge in [-0.05, 0) is 61.2 Å². The van der Waals surface area contributed by atoms with Crippen molar-refractivity contribution >= 4 is 23.3 Å². The first-order valence-electron chi connectivity index (χ1n) is 11.7. The Labute approximate surface area is 201 Å². The first-order chi connectivity index (χ1) is 16.3. The first kappa shape index (κ1) is 25.2. The average molecular weight is 466 g/mol. The molecule has 0 aromatic heterocycles. The molecule has 2 aromatic carbocycles. The molecule has 1 saturated heterocycles. The largest absolute Gasteiger partial charge is 0.507 e. The standard InChI is InChI=1S/C26H35N5O3/c1-17(2)20-14-21(22(32)15-23(20)34-4)24(27)31(25(28)26(33)29-3)19-10-8-18(9-11-19)16-30-12-6-5-7-13-30/h8-11,14-15,17,27-28,32H,5-7,12-13,16H2,1-4H3,(H,29,33). The van der Waals surface area contributed by atoms with Crippen molar-refractivity contribution in [3.63, 3.8) is 0 Å². The molecule has 0 aliphatic carbocycles. The summed E-state index contributed by atoms with van der Waals surface area (Å²) in [4.78, 5) is 16.1. The van der Waals surface area contributed by atoms with Gasteiger partial charge < -0.3 is 15.2 Å². The van der Waals surface area contributed by atoms with Crippen LogP contribution in [0.1, 0.15) is 55.7 Å². The zero-order chi connectivity index (χ0) is 24.8. The Balaban J connectivity index is 1.97. The van der Waals surface area contributed by atoms with Crippen LogP contribution >= 0.6 is 0 Å². The minimum Gasteiger partial charge on any atom is -0.507 e. The number of nitrogens with one attached hydrogen (secondary N) is 3. The molecule has 1 fully saturated rings. The number of amidine groups is 2. The molecule has 1 aliphatic heterocycles. The van der Waals surface area contributed by atoms with Gasteiger partial charge in [0.15, 0.2) is 5.84 Å². The van der Waals surface area contributed by atoms with E-state index >= 15 is 0 Å². The van der Waals surface area contributed by atoms with Crippen molar-refractivity contribution in [3.8, 4) is 11.5 Å². The van der Waals surface area contributed by atoms with E-state index in [2.05, 4.69) is 10.2 Å². The second-order valence-corrected chi connectivity index (χ2v) is 8.88. The van der Waals surface area contributed by atoms with E-state index in [1.165, 1.54) is 44.4 Å². The molecule has 3 rings (SSSR count). The third kappa shape index (κ3) is 5.56. The molecule has 0 atom stereocenters. The monoisotopic (exact) mass is 465 g/mol. The van der Waals surface area contributed by atoms with Gasteiger partial charge in [-0.15, -0.1) is 0 Å². The minimum atomic E-state index is -0.626. The topological polar surface area (TPSA) is 113 Å². The number of hydrogen-bond donors (Lipinski definition) is 4. The van der Waals surface area contributed by atoms with Crippen molar-refractivity contribution in [1.82, 2.24) is 10.2 Å². The molecule has 8 nitrogen and oxygen atoms in total. The summed E-state index contributed by atoms with van der Waals surface area (Å²) >= 11 is 0. The summed E-state index contributed by atoms with van der Waals surface area (Å²) in [6.45, 7) is 7.02.